The molecule has 10 nitrogen and oxygen atoms in total. The fourth-order valence-electron chi connectivity index (χ4n) is 3.20. The van der Waals surface area contributed by atoms with E-state index in [0.29, 0.717) is 55.6 Å². The van der Waals surface area contributed by atoms with E-state index in [9.17, 15) is 14.4 Å². The van der Waals surface area contributed by atoms with Crippen LogP contribution in [-0.4, -0.2) is 77.5 Å². The third-order valence-electron chi connectivity index (χ3n) is 4.65. The average Bonchev–Trinajstić information content (AvgIpc) is 3.22. The van der Waals surface area contributed by atoms with Gasteiger partial charge >= 0.3 is 17.8 Å². The number of ether oxygens (including phenoxy) is 1. The molecule has 4 amide bonds. The highest BCUT2D eigenvalue weighted by Crippen LogP contribution is 2.19. The molecule has 0 radical (unpaired) electrons. The lowest BCUT2D eigenvalue weighted by Crippen LogP contribution is -2.54. The highest BCUT2D eigenvalue weighted by Gasteiger charge is 2.47. The van der Waals surface area contributed by atoms with Crippen LogP contribution in [0.4, 0.5) is 4.79 Å². The summed E-state index contributed by atoms with van der Waals surface area (Å²) in [6.45, 7) is 5.31. The lowest BCUT2D eigenvalue weighted by molar-refractivity contribution is -0.435. The molecule has 0 spiro atoms. The number of imide groups is 1. The van der Waals surface area contributed by atoms with Gasteiger partial charge in [0.2, 0.25) is 11.5 Å². The van der Waals surface area contributed by atoms with Crippen LogP contribution in [0.3, 0.4) is 0 Å². The van der Waals surface area contributed by atoms with Crippen molar-refractivity contribution in [3.8, 4) is 5.75 Å². The van der Waals surface area contributed by atoms with Gasteiger partial charge < -0.3 is 15.8 Å². The SMILES string of the molecule is CCCN1C(=O)C2=NC(c3ccc(OCC(=O)NCCN)cc3)=NC2=[N+](CCC)C1=O.Cl.Cl. The lowest BCUT2D eigenvalue weighted by atomic mass is 10.2. The molecule has 0 fully saturated rings. The van der Waals surface area contributed by atoms with Crippen molar-refractivity contribution in [3.63, 3.8) is 0 Å². The van der Waals surface area contributed by atoms with Crippen molar-refractivity contribution in [1.82, 2.24) is 10.2 Å². The van der Waals surface area contributed by atoms with Crippen LogP contribution in [0.15, 0.2) is 34.3 Å². The van der Waals surface area contributed by atoms with E-state index < -0.39 is 5.91 Å². The Balaban J connectivity index is 0.00000272. The molecule has 1 aromatic rings. The van der Waals surface area contributed by atoms with Gasteiger partial charge in [0.1, 0.15) is 5.75 Å². The second-order valence-corrected chi connectivity index (χ2v) is 7.06. The van der Waals surface area contributed by atoms with Gasteiger partial charge in [0.15, 0.2) is 6.61 Å². The van der Waals surface area contributed by atoms with E-state index in [1.807, 2.05) is 13.8 Å². The third-order valence-corrected chi connectivity index (χ3v) is 4.65. The number of aliphatic imine (C=N–C) groups is 2. The quantitative estimate of drug-likeness (QED) is 0.469. The second-order valence-electron chi connectivity index (χ2n) is 7.06. The maximum Gasteiger partial charge on any atom is 0.446 e. The molecule has 180 valence electrons. The number of amides is 4. The van der Waals surface area contributed by atoms with Crippen molar-refractivity contribution in [2.75, 3.05) is 32.8 Å². The Labute approximate surface area is 204 Å². The van der Waals surface area contributed by atoms with Crippen LogP contribution in [0.1, 0.15) is 32.3 Å². The van der Waals surface area contributed by atoms with Gasteiger partial charge in [-0.3, -0.25) is 4.79 Å². The first kappa shape index (κ1) is 28.2. The Hall–Kier alpha value is -2.82. The lowest BCUT2D eigenvalue weighted by Gasteiger charge is -2.21. The average molecular weight is 500 g/mol. The van der Waals surface area contributed by atoms with Crippen LogP contribution in [0.2, 0.25) is 0 Å². The topological polar surface area (TPSA) is 129 Å². The van der Waals surface area contributed by atoms with Gasteiger partial charge in [0, 0.05) is 18.7 Å². The van der Waals surface area contributed by atoms with Crippen molar-refractivity contribution >= 4 is 60.0 Å². The van der Waals surface area contributed by atoms with Crippen molar-refractivity contribution in [2.24, 2.45) is 15.7 Å². The summed E-state index contributed by atoms with van der Waals surface area (Å²) in [7, 11) is 0. The van der Waals surface area contributed by atoms with Crippen LogP contribution < -0.4 is 15.8 Å². The summed E-state index contributed by atoms with van der Waals surface area (Å²) < 4.78 is 6.96. The maximum absolute atomic E-state index is 12.8. The van der Waals surface area contributed by atoms with Crippen LogP contribution >= 0.6 is 24.8 Å². The highest BCUT2D eigenvalue weighted by atomic mass is 35.5. The minimum absolute atomic E-state index is 0. The number of amidine groups is 2. The smallest absolute Gasteiger partial charge is 0.446 e. The monoisotopic (exact) mass is 499 g/mol. The van der Waals surface area contributed by atoms with Crippen molar-refractivity contribution in [3.05, 3.63) is 29.8 Å². The van der Waals surface area contributed by atoms with Gasteiger partial charge in [-0.05, 0) is 37.1 Å². The molecule has 0 atom stereocenters. The molecule has 1 aromatic carbocycles. The minimum Gasteiger partial charge on any atom is -0.484 e. The summed E-state index contributed by atoms with van der Waals surface area (Å²) in [5, 5.41) is 2.63. The largest absolute Gasteiger partial charge is 0.484 e. The fourth-order valence-corrected chi connectivity index (χ4v) is 3.20. The summed E-state index contributed by atoms with van der Waals surface area (Å²) in [6, 6.07) is 6.52. The zero-order chi connectivity index (χ0) is 22.4. The van der Waals surface area contributed by atoms with E-state index in [2.05, 4.69) is 15.3 Å². The number of nitrogens with zero attached hydrogens (tertiary/aromatic N) is 4. The fraction of sp³-hybridized carbons (Fsp3) is 0.429. The number of carbonyl (C=O) groups is 3. The molecule has 3 N–H and O–H groups in total. The molecule has 0 bridgehead atoms. The number of halogens is 2. The molecular weight excluding hydrogens is 471 g/mol. The van der Waals surface area contributed by atoms with Crippen LogP contribution in [0.25, 0.3) is 0 Å². The van der Waals surface area contributed by atoms with Crippen molar-refractivity contribution < 1.29 is 23.7 Å². The first-order valence-electron chi connectivity index (χ1n) is 10.4. The minimum atomic E-state index is -0.420. The number of hydrogen-bond donors (Lipinski definition) is 2. The number of hydrogen-bond acceptors (Lipinski definition) is 7. The van der Waals surface area contributed by atoms with E-state index >= 15 is 0 Å². The molecule has 0 saturated heterocycles. The van der Waals surface area contributed by atoms with Gasteiger partial charge in [0.25, 0.3) is 5.91 Å². The number of nitrogens with one attached hydrogen (secondary N) is 1. The van der Waals surface area contributed by atoms with Gasteiger partial charge in [-0.25, -0.2) is 9.59 Å². The maximum atomic E-state index is 12.8. The first-order chi connectivity index (χ1) is 15.0. The molecule has 0 unspecified atom stereocenters. The summed E-state index contributed by atoms with van der Waals surface area (Å²) in [5.41, 5.74) is 6.21. The molecule has 3 rings (SSSR count). The van der Waals surface area contributed by atoms with Gasteiger partial charge in [-0.15, -0.1) is 24.8 Å². The van der Waals surface area contributed by atoms with Crippen molar-refractivity contribution in [2.45, 2.75) is 26.7 Å². The van der Waals surface area contributed by atoms with E-state index in [-0.39, 0.29) is 49.1 Å². The summed E-state index contributed by atoms with van der Waals surface area (Å²) in [5.74, 6) is 0.499. The molecule has 0 saturated carbocycles. The Morgan fingerprint density at radius 1 is 1.12 bits per heavy atom. The standard InChI is InChI=1S/C21H26N6O4.2ClH/c1-3-11-26-19-17(20(29)27(12-4-2)21(26)30)24-18(25-19)14-5-7-15(8-6-14)31-13-16(28)23-10-9-22;;/h5-8H,3-4,9-13,22H2,1-2H3;2*1H/p+1. The first-order valence-corrected chi connectivity index (χ1v) is 10.4. The van der Waals surface area contributed by atoms with Gasteiger partial charge in [-0.1, -0.05) is 18.8 Å². The predicted molar refractivity (Wildman–Crippen MR) is 130 cm³/mol. The molecule has 0 aromatic heterocycles. The Morgan fingerprint density at radius 3 is 2.42 bits per heavy atom. The molecule has 2 aliphatic rings. The summed E-state index contributed by atoms with van der Waals surface area (Å²) >= 11 is 0. The highest BCUT2D eigenvalue weighted by molar-refractivity contribution is 6.70. The normalized spacial score (nSPS) is 14.7. The van der Waals surface area contributed by atoms with Gasteiger partial charge in [0.05, 0.1) is 13.1 Å². The number of carbonyl (C=O) groups excluding carboxylic acids is 3. The molecule has 33 heavy (non-hydrogen) atoms. The molecule has 2 aliphatic heterocycles. The van der Waals surface area contributed by atoms with E-state index in [1.54, 1.807) is 24.3 Å². The number of rotatable bonds is 10. The second kappa shape index (κ2) is 13.0. The van der Waals surface area contributed by atoms with E-state index in [1.165, 1.54) is 9.48 Å². The third kappa shape index (κ3) is 6.37. The van der Waals surface area contributed by atoms with Crippen LogP contribution in [0, 0.1) is 0 Å². The summed E-state index contributed by atoms with van der Waals surface area (Å²) in [6.07, 6.45) is 1.39. The van der Waals surface area contributed by atoms with Crippen LogP contribution in [0.5, 0.6) is 5.75 Å². The number of benzene rings is 1. The van der Waals surface area contributed by atoms with Crippen LogP contribution in [-0.2, 0) is 9.59 Å². The molecule has 12 heteroatoms. The van der Waals surface area contributed by atoms with Gasteiger partial charge in [-0.2, -0.15) is 14.5 Å². The number of urea groups is 1. The van der Waals surface area contributed by atoms with Crippen molar-refractivity contribution in [1.29, 1.82) is 0 Å². The van der Waals surface area contributed by atoms with E-state index in [0.717, 1.165) is 6.42 Å². The van der Waals surface area contributed by atoms with E-state index in [4.69, 9.17) is 10.5 Å². The summed E-state index contributed by atoms with van der Waals surface area (Å²) in [4.78, 5) is 47.3. The molecule has 2 heterocycles. The molecular formula is C21H29Cl2N6O4+. The molecule has 0 aliphatic carbocycles. The Morgan fingerprint density at radius 2 is 1.82 bits per heavy atom. The zero-order valence-electron chi connectivity index (χ0n) is 18.6. The number of fused-ring (bicyclic) bond motifs is 1. The predicted octanol–water partition coefficient (Wildman–Crippen LogP) is 1.38. The number of nitrogens with two attached hydrogens (primary N) is 1. The Kier molecular flexibility index (Phi) is 11.1. The zero-order valence-corrected chi connectivity index (χ0v) is 20.2. The Bertz CT molecular complexity index is 975.